The predicted molar refractivity (Wildman–Crippen MR) is 95.4 cm³/mol. The van der Waals surface area contributed by atoms with Gasteiger partial charge in [-0.25, -0.2) is 0 Å². The topological polar surface area (TPSA) is 41.6 Å². The molecule has 1 heterocycles. The van der Waals surface area contributed by atoms with E-state index in [4.69, 9.17) is 16.3 Å². The summed E-state index contributed by atoms with van der Waals surface area (Å²) in [5, 5.41) is 3.77. The molecule has 0 saturated carbocycles. The van der Waals surface area contributed by atoms with Gasteiger partial charge in [0.2, 0.25) is 0 Å². The number of hydrogen-bond donors (Lipinski definition) is 1. The molecule has 2 aromatic rings. The maximum Gasteiger partial charge on any atom is 0.251 e. The normalized spacial score (nSPS) is 16.5. The number of hydrogen-bond acceptors (Lipinski definition) is 3. The van der Waals surface area contributed by atoms with Gasteiger partial charge in [0.1, 0.15) is 0 Å². The van der Waals surface area contributed by atoms with E-state index in [1.807, 2.05) is 54.6 Å². The number of benzene rings is 2. The molecule has 3 rings (SSSR count). The van der Waals surface area contributed by atoms with Crippen molar-refractivity contribution < 1.29 is 9.53 Å². The Morgan fingerprint density at radius 1 is 1.08 bits per heavy atom. The summed E-state index contributed by atoms with van der Waals surface area (Å²) in [4.78, 5) is 14.7. The van der Waals surface area contributed by atoms with Gasteiger partial charge in [0.15, 0.2) is 0 Å². The van der Waals surface area contributed by atoms with Gasteiger partial charge in [-0.05, 0) is 23.8 Å². The molecule has 0 aliphatic carbocycles. The van der Waals surface area contributed by atoms with Crippen LogP contribution < -0.4 is 5.32 Å². The second-order valence-corrected chi connectivity index (χ2v) is 6.17. The maximum absolute atomic E-state index is 12.4. The first-order chi connectivity index (χ1) is 11.8. The number of rotatable bonds is 5. The summed E-state index contributed by atoms with van der Waals surface area (Å²) in [6, 6.07) is 17.1. The lowest BCUT2D eigenvalue weighted by molar-refractivity contribution is 0.0162. The fraction of sp³-hybridized carbons (Fsp3) is 0.316. The summed E-state index contributed by atoms with van der Waals surface area (Å²) >= 11 is 6.40. The summed E-state index contributed by atoms with van der Waals surface area (Å²) in [6.45, 7) is 3.58. The Morgan fingerprint density at radius 2 is 1.75 bits per heavy atom. The highest BCUT2D eigenvalue weighted by Gasteiger charge is 2.24. The minimum Gasteiger partial charge on any atom is -0.379 e. The maximum atomic E-state index is 12.4. The van der Waals surface area contributed by atoms with Crippen LogP contribution in [0, 0.1) is 0 Å². The Bertz CT molecular complexity index is 672. The summed E-state index contributed by atoms with van der Waals surface area (Å²) < 4.78 is 5.45. The molecule has 1 fully saturated rings. The smallest absolute Gasteiger partial charge is 0.251 e. The number of carbonyl (C=O) groups is 1. The molecule has 1 saturated heterocycles. The van der Waals surface area contributed by atoms with Crippen LogP contribution in [0.1, 0.15) is 22.0 Å². The number of halogens is 1. The van der Waals surface area contributed by atoms with Crippen LogP contribution in [0.15, 0.2) is 54.6 Å². The predicted octanol–water partition coefficient (Wildman–Crippen LogP) is 3.14. The molecule has 0 spiro atoms. The molecular formula is C19H21ClN2O2. The van der Waals surface area contributed by atoms with Gasteiger partial charge < -0.3 is 10.1 Å². The van der Waals surface area contributed by atoms with Gasteiger partial charge in [-0.1, -0.05) is 48.0 Å². The summed E-state index contributed by atoms with van der Waals surface area (Å²) in [7, 11) is 0. The highest BCUT2D eigenvalue weighted by atomic mass is 35.5. The lowest BCUT2D eigenvalue weighted by Crippen LogP contribution is -2.44. The zero-order valence-corrected chi connectivity index (χ0v) is 14.2. The summed E-state index contributed by atoms with van der Waals surface area (Å²) in [5.74, 6) is -0.0686. The lowest BCUT2D eigenvalue weighted by Gasteiger charge is -2.35. The summed E-state index contributed by atoms with van der Waals surface area (Å²) in [6.07, 6.45) is 0. The minimum absolute atomic E-state index is 0.0373. The van der Waals surface area contributed by atoms with Crippen LogP contribution in [0.25, 0.3) is 0 Å². The molecule has 1 aliphatic rings. The summed E-state index contributed by atoms with van der Waals surface area (Å²) in [5.41, 5.74) is 1.70. The van der Waals surface area contributed by atoms with E-state index in [1.54, 1.807) is 0 Å². The number of carbonyl (C=O) groups excluding carboxylic acids is 1. The molecule has 2 aromatic carbocycles. The van der Waals surface area contributed by atoms with Gasteiger partial charge in [0.25, 0.3) is 5.91 Å². The van der Waals surface area contributed by atoms with Crippen molar-refractivity contribution in [2.75, 3.05) is 32.8 Å². The fourth-order valence-electron chi connectivity index (χ4n) is 2.95. The van der Waals surface area contributed by atoms with E-state index < -0.39 is 0 Å². The fourth-order valence-corrected chi connectivity index (χ4v) is 3.21. The molecule has 0 radical (unpaired) electrons. The van der Waals surface area contributed by atoms with Crippen molar-refractivity contribution in [3.05, 3.63) is 70.7 Å². The molecule has 0 bridgehead atoms. The molecule has 5 heteroatoms. The number of morpholine rings is 1. The third-order valence-electron chi connectivity index (χ3n) is 4.24. The van der Waals surface area contributed by atoms with E-state index in [1.165, 1.54) is 0 Å². The Morgan fingerprint density at radius 3 is 2.46 bits per heavy atom. The Kier molecular flexibility index (Phi) is 5.86. The van der Waals surface area contributed by atoms with Crippen molar-refractivity contribution in [1.82, 2.24) is 10.2 Å². The highest BCUT2D eigenvalue weighted by molar-refractivity contribution is 6.31. The van der Waals surface area contributed by atoms with Crippen molar-refractivity contribution >= 4 is 17.5 Å². The monoisotopic (exact) mass is 344 g/mol. The number of amides is 1. The standard InChI is InChI=1S/C19H21ClN2O2/c20-17-9-5-4-8-16(17)18(22-10-12-24-13-11-22)14-21-19(23)15-6-2-1-3-7-15/h1-9,18H,10-14H2,(H,21,23). The van der Waals surface area contributed by atoms with Gasteiger partial charge in [0.05, 0.1) is 19.3 Å². The van der Waals surface area contributed by atoms with Crippen molar-refractivity contribution in [2.24, 2.45) is 0 Å². The quantitative estimate of drug-likeness (QED) is 0.906. The molecule has 1 unspecified atom stereocenters. The van der Waals surface area contributed by atoms with E-state index >= 15 is 0 Å². The number of nitrogens with one attached hydrogen (secondary N) is 1. The molecule has 1 atom stereocenters. The zero-order valence-electron chi connectivity index (χ0n) is 13.5. The van der Waals surface area contributed by atoms with Gasteiger partial charge >= 0.3 is 0 Å². The molecule has 126 valence electrons. The van der Waals surface area contributed by atoms with Crippen molar-refractivity contribution in [1.29, 1.82) is 0 Å². The Labute approximate surface area is 147 Å². The first-order valence-electron chi connectivity index (χ1n) is 8.15. The SMILES string of the molecule is O=C(NCC(c1ccccc1Cl)N1CCOCC1)c1ccccc1. The van der Waals surface area contributed by atoms with Gasteiger partial charge in [-0.2, -0.15) is 0 Å². The average molecular weight is 345 g/mol. The largest absolute Gasteiger partial charge is 0.379 e. The van der Waals surface area contributed by atoms with Crippen LogP contribution in [0.4, 0.5) is 0 Å². The van der Waals surface area contributed by atoms with E-state index in [-0.39, 0.29) is 11.9 Å². The average Bonchev–Trinajstić information content (AvgIpc) is 2.65. The number of nitrogens with zero attached hydrogens (tertiary/aromatic N) is 1. The molecule has 1 N–H and O–H groups in total. The molecule has 1 aliphatic heterocycles. The Hall–Kier alpha value is -1.88. The number of ether oxygens (including phenoxy) is 1. The molecule has 1 amide bonds. The van der Waals surface area contributed by atoms with Gasteiger partial charge in [0, 0.05) is 30.2 Å². The van der Waals surface area contributed by atoms with E-state index in [0.717, 1.165) is 23.7 Å². The molecule has 0 aromatic heterocycles. The third-order valence-corrected chi connectivity index (χ3v) is 4.59. The third kappa shape index (κ3) is 4.15. The van der Waals surface area contributed by atoms with Crippen LogP contribution in [-0.4, -0.2) is 43.7 Å². The van der Waals surface area contributed by atoms with Crippen LogP contribution in [0.2, 0.25) is 5.02 Å². The second-order valence-electron chi connectivity index (χ2n) is 5.76. The van der Waals surface area contributed by atoms with Crippen molar-refractivity contribution in [2.45, 2.75) is 6.04 Å². The van der Waals surface area contributed by atoms with Crippen molar-refractivity contribution in [3.63, 3.8) is 0 Å². The van der Waals surface area contributed by atoms with Gasteiger partial charge in [-0.3, -0.25) is 9.69 Å². The minimum atomic E-state index is -0.0686. The first kappa shape index (κ1) is 17.0. The molecule has 24 heavy (non-hydrogen) atoms. The molecule has 4 nitrogen and oxygen atoms in total. The second kappa shape index (κ2) is 8.29. The molecular weight excluding hydrogens is 324 g/mol. The van der Waals surface area contributed by atoms with Crippen LogP contribution in [-0.2, 0) is 4.74 Å². The van der Waals surface area contributed by atoms with E-state index in [0.29, 0.717) is 25.3 Å². The zero-order chi connectivity index (χ0) is 16.8. The van der Waals surface area contributed by atoms with Gasteiger partial charge in [-0.15, -0.1) is 0 Å². The van der Waals surface area contributed by atoms with Crippen LogP contribution in [0.3, 0.4) is 0 Å². The van der Waals surface area contributed by atoms with E-state index in [2.05, 4.69) is 10.2 Å². The lowest BCUT2D eigenvalue weighted by atomic mass is 10.0. The van der Waals surface area contributed by atoms with Crippen molar-refractivity contribution in [3.8, 4) is 0 Å². The highest BCUT2D eigenvalue weighted by Crippen LogP contribution is 2.27. The van der Waals surface area contributed by atoms with E-state index in [9.17, 15) is 4.79 Å². The van der Waals surface area contributed by atoms with Crippen LogP contribution >= 0.6 is 11.6 Å². The first-order valence-corrected chi connectivity index (χ1v) is 8.53. The Balaban J connectivity index is 1.75. The van der Waals surface area contributed by atoms with Crippen LogP contribution in [0.5, 0.6) is 0 Å².